The van der Waals surface area contributed by atoms with Gasteiger partial charge < -0.3 is 10.6 Å². The zero-order chi connectivity index (χ0) is 22.3. The van der Waals surface area contributed by atoms with E-state index in [0.29, 0.717) is 18.0 Å². The number of anilines is 1. The second-order valence-corrected chi connectivity index (χ2v) is 8.12. The number of halogens is 1. The number of hydrogen-bond acceptors (Lipinski definition) is 4. The molecule has 0 unspecified atom stereocenters. The summed E-state index contributed by atoms with van der Waals surface area (Å²) in [6, 6.07) is 19.4. The molecule has 0 radical (unpaired) electrons. The first-order valence-corrected chi connectivity index (χ1v) is 11.1. The summed E-state index contributed by atoms with van der Waals surface area (Å²) in [4.78, 5) is 16.8. The first-order chi connectivity index (χ1) is 15.6. The Morgan fingerprint density at radius 3 is 2.59 bits per heavy atom. The Labute approximate surface area is 192 Å². The third kappa shape index (κ3) is 5.26. The van der Waals surface area contributed by atoms with Crippen molar-refractivity contribution < 1.29 is 4.79 Å². The van der Waals surface area contributed by atoms with Crippen molar-refractivity contribution in [2.24, 2.45) is 0 Å². The highest BCUT2D eigenvalue weighted by molar-refractivity contribution is 6.33. The van der Waals surface area contributed by atoms with Crippen LogP contribution in [0.1, 0.15) is 24.0 Å². The van der Waals surface area contributed by atoms with Crippen LogP contribution in [-0.2, 0) is 11.2 Å². The van der Waals surface area contributed by atoms with Crippen LogP contribution in [0.4, 0.5) is 5.82 Å². The standard InChI is InChI=1S/C25H26ClN5O/c1-18-17-29-31-23(16-22(30-25(18)31)20-11-5-6-12-21(20)26)27-13-7-8-14-28-24(32)15-19-9-3-2-4-10-19/h2-6,9-12,16-17,27H,7-8,13-15H2,1H3,(H,28,32). The van der Waals surface area contributed by atoms with Gasteiger partial charge in [0.25, 0.3) is 0 Å². The van der Waals surface area contributed by atoms with Gasteiger partial charge in [-0.15, -0.1) is 0 Å². The van der Waals surface area contributed by atoms with Crippen molar-refractivity contribution in [2.75, 3.05) is 18.4 Å². The Morgan fingerprint density at radius 2 is 1.78 bits per heavy atom. The molecule has 0 saturated carbocycles. The van der Waals surface area contributed by atoms with Crippen LogP contribution in [0.15, 0.2) is 66.9 Å². The zero-order valence-corrected chi connectivity index (χ0v) is 18.8. The minimum atomic E-state index is 0.0522. The van der Waals surface area contributed by atoms with E-state index >= 15 is 0 Å². The largest absolute Gasteiger partial charge is 0.370 e. The second kappa shape index (κ2) is 10.3. The van der Waals surface area contributed by atoms with Crippen LogP contribution in [0, 0.1) is 6.92 Å². The minimum Gasteiger partial charge on any atom is -0.370 e. The molecule has 0 aliphatic carbocycles. The average molecular weight is 448 g/mol. The number of unbranched alkanes of at least 4 members (excludes halogenated alkanes) is 1. The quantitative estimate of drug-likeness (QED) is 0.358. The molecule has 0 atom stereocenters. The van der Waals surface area contributed by atoms with Crippen molar-refractivity contribution in [1.82, 2.24) is 19.9 Å². The number of aryl methyl sites for hydroxylation is 1. The minimum absolute atomic E-state index is 0.0522. The number of carbonyl (C=O) groups is 1. The maximum Gasteiger partial charge on any atom is 0.224 e. The summed E-state index contributed by atoms with van der Waals surface area (Å²) in [5.74, 6) is 0.919. The van der Waals surface area contributed by atoms with E-state index in [1.807, 2.05) is 78.3 Å². The lowest BCUT2D eigenvalue weighted by molar-refractivity contribution is -0.120. The number of amides is 1. The molecule has 0 spiro atoms. The smallest absolute Gasteiger partial charge is 0.224 e. The molecule has 2 aromatic heterocycles. The highest BCUT2D eigenvalue weighted by Gasteiger charge is 2.12. The van der Waals surface area contributed by atoms with E-state index < -0.39 is 0 Å². The third-order valence-electron chi connectivity index (χ3n) is 5.24. The van der Waals surface area contributed by atoms with E-state index in [2.05, 4.69) is 15.7 Å². The van der Waals surface area contributed by atoms with Crippen molar-refractivity contribution >= 4 is 29.0 Å². The first kappa shape index (κ1) is 21.8. The summed E-state index contributed by atoms with van der Waals surface area (Å²) in [7, 11) is 0. The summed E-state index contributed by atoms with van der Waals surface area (Å²) in [5.41, 5.74) is 4.53. The van der Waals surface area contributed by atoms with Gasteiger partial charge in [-0.2, -0.15) is 9.61 Å². The number of rotatable bonds is 9. The molecule has 2 aromatic carbocycles. The van der Waals surface area contributed by atoms with Crippen LogP contribution in [0.3, 0.4) is 0 Å². The Morgan fingerprint density at radius 1 is 1.03 bits per heavy atom. The van der Waals surface area contributed by atoms with Crippen molar-refractivity contribution in [3.63, 3.8) is 0 Å². The highest BCUT2D eigenvalue weighted by atomic mass is 35.5. The highest BCUT2D eigenvalue weighted by Crippen LogP contribution is 2.29. The van der Waals surface area contributed by atoms with Crippen molar-refractivity contribution in [3.8, 4) is 11.3 Å². The van der Waals surface area contributed by atoms with E-state index in [1.165, 1.54) is 0 Å². The monoisotopic (exact) mass is 447 g/mol. The van der Waals surface area contributed by atoms with Crippen molar-refractivity contribution in [1.29, 1.82) is 0 Å². The van der Waals surface area contributed by atoms with E-state index in [0.717, 1.165) is 53.2 Å². The second-order valence-electron chi connectivity index (χ2n) is 7.72. The number of nitrogens with zero attached hydrogens (tertiary/aromatic N) is 3. The van der Waals surface area contributed by atoms with Crippen LogP contribution < -0.4 is 10.6 Å². The number of fused-ring (bicyclic) bond motifs is 1. The molecule has 0 bridgehead atoms. The molecule has 164 valence electrons. The summed E-state index contributed by atoms with van der Waals surface area (Å²) < 4.78 is 1.82. The molecule has 0 aliphatic rings. The van der Waals surface area contributed by atoms with Gasteiger partial charge in [0.2, 0.25) is 5.91 Å². The fraction of sp³-hybridized carbons (Fsp3) is 0.240. The summed E-state index contributed by atoms with van der Waals surface area (Å²) in [6.07, 6.45) is 4.03. The molecular weight excluding hydrogens is 422 g/mol. The third-order valence-corrected chi connectivity index (χ3v) is 5.57. The fourth-order valence-electron chi connectivity index (χ4n) is 3.54. The van der Waals surface area contributed by atoms with E-state index in [1.54, 1.807) is 0 Å². The Balaban J connectivity index is 1.33. The fourth-order valence-corrected chi connectivity index (χ4v) is 3.78. The molecule has 32 heavy (non-hydrogen) atoms. The SMILES string of the molecule is Cc1cnn2c(NCCCCNC(=O)Cc3ccccc3)cc(-c3ccccc3Cl)nc12. The molecule has 1 amide bonds. The Hall–Kier alpha value is -3.38. The molecule has 0 fully saturated rings. The van der Waals surface area contributed by atoms with E-state index in [-0.39, 0.29) is 5.91 Å². The van der Waals surface area contributed by atoms with E-state index in [9.17, 15) is 4.79 Å². The van der Waals surface area contributed by atoms with Crippen LogP contribution in [-0.4, -0.2) is 33.6 Å². The maximum atomic E-state index is 12.1. The van der Waals surface area contributed by atoms with Gasteiger partial charge in [-0.1, -0.05) is 60.1 Å². The molecule has 0 saturated heterocycles. The number of hydrogen-bond donors (Lipinski definition) is 2. The summed E-state index contributed by atoms with van der Waals surface area (Å²) in [5, 5.41) is 11.6. The first-order valence-electron chi connectivity index (χ1n) is 10.8. The van der Waals surface area contributed by atoms with Gasteiger partial charge in [0.05, 0.1) is 18.3 Å². The van der Waals surface area contributed by atoms with Gasteiger partial charge in [-0.05, 0) is 31.4 Å². The maximum absolute atomic E-state index is 12.1. The Kier molecular flexibility index (Phi) is 7.02. The predicted octanol–water partition coefficient (Wildman–Crippen LogP) is 4.91. The van der Waals surface area contributed by atoms with Crippen molar-refractivity contribution in [3.05, 3.63) is 83.0 Å². The van der Waals surface area contributed by atoms with Crippen LogP contribution in [0.5, 0.6) is 0 Å². The molecular formula is C25H26ClN5O. The molecule has 2 heterocycles. The van der Waals surface area contributed by atoms with Gasteiger partial charge in [0.15, 0.2) is 5.65 Å². The zero-order valence-electron chi connectivity index (χ0n) is 18.0. The molecule has 2 N–H and O–H groups in total. The van der Waals surface area contributed by atoms with Gasteiger partial charge in [0.1, 0.15) is 5.82 Å². The van der Waals surface area contributed by atoms with Crippen LogP contribution in [0.25, 0.3) is 16.9 Å². The van der Waals surface area contributed by atoms with Crippen LogP contribution >= 0.6 is 11.6 Å². The Bertz CT molecular complexity index is 1210. The van der Waals surface area contributed by atoms with E-state index in [4.69, 9.17) is 16.6 Å². The topological polar surface area (TPSA) is 71.3 Å². The van der Waals surface area contributed by atoms with Gasteiger partial charge >= 0.3 is 0 Å². The van der Waals surface area contributed by atoms with Gasteiger partial charge in [0, 0.05) is 35.3 Å². The number of aromatic nitrogens is 3. The molecule has 4 aromatic rings. The molecule has 0 aliphatic heterocycles. The van der Waals surface area contributed by atoms with Crippen molar-refractivity contribution in [2.45, 2.75) is 26.2 Å². The van der Waals surface area contributed by atoms with Gasteiger partial charge in [-0.3, -0.25) is 4.79 Å². The summed E-state index contributed by atoms with van der Waals surface area (Å²) >= 11 is 6.40. The van der Waals surface area contributed by atoms with Gasteiger partial charge in [-0.25, -0.2) is 4.98 Å². The predicted molar refractivity (Wildman–Crippen MR) is 129 cm³/mol. The lowest BCUT2D eigenvalue weighted by Gasteiger charge is -2.12. The van der Waals surface area contributed by atoms with Crippen LogP contribution in [0.2, 0.25) is 5.02 Å². The normalized spacial score (nSPS) is 10.9. The average Bonchev–Trinajstić information content (AvgIpc) is 3.18. The number of carbonyl (C=O) groups excluding carboxylic acids is 1. The lowest BCUT2D eigenvalue weighted by atomic mass is 10.1. The lowest BCUT2D eigenvalue weighted by Crippen LogP contribution is -2.26. The number of benzene rings is 2. The molecule has 6 nitrogen and oxygen atoms in total. The molecule has 7 heteroatoms. The number of nitrogens with one attached hydrogen (secondary N) is 2. The summed E-state index contributed by atoms with van der Waals surface area (Å²) in [6.45, 7) is 3.41. The molecule has 4 rings (SSSR count).